The van der Waals surface area contributed by atoms with Crippen LogP contribution < -0.4 is 9.47 Å². The second kappa shape index (κ2) is 6.28. The Kier molecular flexibility index (Phi) is 4.12. The summed E-state index contributed by atoms with van der Waals surface area (Å²) in [5, 5.41) is 0. The molecule has 5 heteroatoms. The number of ether oxygens (including phenoxy) is 3. The van der Waals surface area contributed by atoms with Gasteiger partial charge in [-0.3, -0.25) is 0 Å². The highest BCUT2D eigenvalue weighted by atomic mass is 16.7. The fourth-order valence-corrected chi connectivity index (χ4v) is 4.72. The zero-order valence-electron chi connectivity index (χ0n) is 14.3. The number of benzene rings is 1. The molecule has 3 heterocycles. The largest absolute Gasteiger partial charge is 0.462 e. The Balaban J connectivity index is 1.40. The topological polar surface area (TPSA) is 44.8 Å². The maximum absolute atomic E-state index is 12.4. The second-order valence-electron chi connectivity index (χ2n) is 7.56. The molecule has 0 aliphatic carbocycles. The number of esters is 1. The van der Waals surface area contributed by atoms with Crippen molar-refractivity contribution >= 4 is 5.97 Å². The molecule has 0 spiro atoms. The number of nitrogens with zero attached hydrogens (tertiary/aromatic N) is 1. The van der Waals surface area contributed by atoms with Crippen LogP contribution in [0.3, 0.4) is 0 Å². The molecule has 3 aliphatic heterocycles. The van der Waals surface area contributed by atoms with Gasteiger partial charge in [0.15, 0.2) is 11.5 Å². The molecular formula is C19H26NO4+. The third kappa shape index (κ3) is 2.86. The van der Waals surface area contributed by atoms with Crippen molar-refractivity contribution < 1.29 is 23.5 Å². The minimum atomic E-state index is -0.260. The van der Waals surface area contributed by atoms with E-state index in [1.165, 1.54) is 49.7 Å². The monoisotopic (exact) mass is 332 g/mol. The van der Waals surface area contributed by atoms with Crippen LogP contribution in [-0.4, -0.2) is 50.0 Å². The third-order valence-corrected chi connectivity index (χ3v) is 6.04. The van der Waals surface area contributed by atoms with E-state index in [9.17, 15) is 4.79 Å². The Morgan fingerprint density at radius 1 is 1.17 bits per heavy atom. The fraction of sp³-hybridized carbons (Fsp3) is 0.632. The first-order valence-electron chi connectivity index (χ1n) is 9.07. The highest BCUT2D eigenvalue weighted by Crippen LogP contribution is 2.36. The maximum atomic E-state index is 12.4. The molecule has 0 unspecified atom stereocenters. The van der Waals surface area contributed by atoms with Crippen LogP contribution in [-0.2, 0) is 4.74 Å². The van der Waals surface area contributed by atoms with Crippen molar-refractivity contribution in [3.63, 3.8) is 0 Å². The summed E-state index contributed by atoms with van der Waals surface area (Å²) < 4.78 is 17.5. The van der Waals surface area contributed by atoms with Gasteiger partial charge in [0.05, 0.1) is 31.7 Å². The van der Waals surface area contributed by atoms with Gasteiger partial charge in [-0.2, -0.15) is 0 Å². The third-order valence-electron chi connectivity index (χ3n) is 6.04. The number of rotatable bonds is 3. The van der Waals surface area contributed by atoms with Crippen LogP contribution in [0.5, 0.6) is 11.5 Å². The standard InChI is InChI=1S/C19H26NO4/c1-20-9-3-2-6-16(20)15(5-4-10-20)12-22-19(21)14-7-8-17-18(11-14)24-13-23-17/h7-8,11,15-16H,2-6,9-10,12-13H2,1H3/q+1/t15-,16+,20+/m0/s1. The van der Waals surface area contributed by atoms with Gasteiger partial charge in [0.25, 0.3) is 0 Å². The van der Waals surface area contributed by atoms with E-state index in [4.69, 9.17) is 14.2 Å². The Bertz CT molecular complexity index is 628. The summed E-state index contributed by atoms with van der Waals surface area (Å²) >= 11 is 0. The lowest BCUT2D eigenvalue weighted by Crippen LogP contribution is -2.61. The molecule has 3 atom stereocenters. The molecule has 0 radical (unpaired) electrons. The molecule has 2 fully saturated rings. The van der Waals surface area contributed by atoms with Crippen LogP contribution in [0.1, 0.15) is 42.5 Å². The van der Waals surface area contributed by atoms with Crippen molar-refractivity contribution in [1.29, 1.82) is 0 Å². The summed E-state index contributed by atoms with van der Waals surface area (Å²) in [7, 11) is 2.38. The number of hydrogen-bond acceptors (Lipinski definition) is 4. The summed E-state index contributed by atoms with van der Waals surface area (Å²) in [6, 6.07) is 5.88. The predicted octanol–water partition coefficient (Wildman–Crippen LogP) is 2.98. The van der Waals surface area contributed by atoms with Crippen LogP contribution in [0.2, 0.25) is 0 Å². The maximum Gasteiger partial charge on any atom is 0.338 e. The van der Waals surface area contributed by atoms with Gasteiger partial charge in [0, 0.05) is 12.3 Å². The van der Waals surface area contributed by atoms with E-state index in [0.717, 1.165) is 0 Å². The molecule has 4 rings (SSSR count). The van der Waals surface area contributed by atoms with Crippen LogP contribution in [0.25, 0.3) is 0 Å². The van der Waals surface area contributed by atoms with Crippen molar-refractivity contribution in [2.75, 3.05) is 33.5 Å². The molecule has 0 N–H and O–H groups in total. The summed E-state index contributed by atoms with van der Waals surface area (Å²) in [6.07, 6.45) is 6.32. The van der Waals surface area contributed by atoms with Crippen molar-refractivity contribution in [3.8, 4) is 11.5 Å². The highest BCUT2D eigenvalue weighted by Gasteiger charge is 2.43. The van der Waals surface area contributed by atoms with Crippen LogP contribution in [0, 0.1) is 5.92 Å². The summed E-state index contributed by atoms with van der Waals surface area (Å²) in [6.45, 7) is 3.30. The molecule has 0 saturated carbocycles. The summed E-state index contributed by atoms with van der Waals surface area (Å²) in [5.41, 5.74) is 0.538. The van der Waals surface area contributed by atoms with Gasteiger partial charge in [0.2, 0.25) is 6.79 Å². The van der Waals surface area contributed by atoms with Crippen LogP contribution >= 0.6 is 0 Å². The minimum Gasteiger partial charge on any atom is -0.462 e. The Morgan fingerprint density at radius 3 is 2.92 bits per heavy atom. The summed E-state index contributed by atoms with van der Waals surface area (Å²) in [4.78, 5) is 12.4. The van der Waals surface area contributed by atoms with Gasteiger partial charge in [0.1, 0.15) is 6.61 Å². The molecule has 24 heavy (non-hydrogen) atoms. The Morgan fingerprint density at radius 2 is 2.00 bits per heavy atom. The number of carbonyl (C=O) groups excluding carboxylic acids is 1. The molecule has 3 aliphatic rings. The molecule has 130 valence electrons. The van der Waals surface area contributed by atoms with Gasteiger partial charge in [-0.1, -0.05) is 0 Å². The minimum absolute atomic E-state index is 0.216. The second-order valence-corrected chi connectivity index (χ2v) is 7.56. The fourth-order valence-electron chi connectivity index (χ4n) is 4.72. The zero-order valence-corrected chi connectivity index (χ0v) is 14.3. The number of hydrogen-bond donors (Lipinski definition) is 0. The molecule has 1 aromatic rings. The van der Waals surface area contributed by atoms with Gasteiger partial charge in [-0.25, -0.2) is 4.79 Å². The first kappa shape index (κ1) is 15.8. The van der Waals surface area contributed by atoms with E-state index in [2.05, 4.69) is 7.05 Å². The highest BCUT2D eigenvalue weighted by molar-refractivity contribution is 5.90. The Hall–Kier alpha value is -1.75. The van der Waals surface area contributed by atoms with Crippen molar-refractivity contribution in [1.82, 2.24) is 0 Å². The van der Waals surface area contributed by atoms with Crippen LogP contribution in [0.4, 0.5) is 0 Å². The first-order valence-corrected chi connectivity index (χ1v) is 9.07. The normalized spacial score (nSPS) is 31.4. The lowest BCUT2D eigenvalue weighted by atomic mass is 9.82. The number of quaternary nitrogens is 1. The Labute approximate surface area is 143 Å². The first-order chi connectivity index (χ1) is 11.7. The van der Waals surface area contributed by atoms with Crippen molar-refractivity contribution in [2.45, 2.75) is 38.1 Å². The molecule has 0 aromatic heterocycles. The van der Waals surface area contributed by atoms with Gasteiger partial charge >= 0.3 is 5.97 Å². The zero-order chi connectivity index (χ0) is 16.6. The average Bonchev–Trinajstić information content (AvgIpc) is 3.06. The van der Waals surface area contributed by atoms with E-state index >= 15 is 0 Å². The van der Waals surface area contributed by atoms with E-state index in [1.54, 1.807) is 18.2 Å². The van der Waals surface area contributed by atoms with E-state index in [-0.39, 0.29) is 12.8 Å². The van der Waals surface area contributed by atoms with E-state index in [1.807, 2.05) is 0 Å². The molecule has 0 bridgehead atoms. The van der Waals surface area contributed by atoms with Crippen molar-refractivity contribution in [2.24, 2.45) is 5.92 Å². The average molecular weight is 332 g/mol. The molecule has 0 amide bonds. The van der Waals surface area contributed by atoms with E-state index < -0.39 is 0 Å². The van der Waals surface area contributed by atoms with E-state index in [0.29, 0.717) is 35.6 Å². The lowest BCUT2D eigenvalue weighted by Gasteiger charge is -2.51. The molecule has 5 nitrogen and oxygen atoms in total. The number of carbonyl (C=O) groups is 1. The molecule has 1 aromatic carbocycles. The van der Waals surface area contributed by atoms with Crippen LogP contribution in [0.15, 0.2) is 18.2 Å². The van der Waals surface area contributed by atoms with Crippen molar-refractivity contribution in [3.05, 3.63) is 23.8 Å². The van der Waals surface area contributed by atoms with Gasteiger partial charge in [-0.05, 0) is 43.9 Å². The number of piperidine rings is 2. The SMILES string of the molecule is C[N@+]12CCCC[C@@H]1[C@H](COC(=O)c1ccc3c(c1)OCO3)CCC2. The number of fused-ring (bicyclic) bond motifs is 2. The summed E-state index contributed by atoms with van der Waals surface area (Å²) in [5.74, 6) is 1.54. The molecule has 2 saturated heterocycles. The smallest absolute Gasteiger partial charge is 0.338 e. The quantitative estimate of drug-likeness (QED) is 0.630. The van der Waals surface area contributed by atoms with Gasteiger partial charge in [-0.15, -0.1) is 0 Å². The molecular weight excluding hydrogens is 306 g/mol. The van der Waals surface area contributed by atoms with Gasteiger partial charge < -0.3 is 18.7 Å². The lowest BCUT2D eigenvalue weighted by molar-refractivity contribution is -0.947. The predicted molar refractivity (Wildman–Crippen MR) is 89.1 cm³/mol.